The van der Waals surface area contributed by atoms with Crippen LogP contribution in [0.1, 0.15) is 28.9 Å². The lowest BCUT2D eigenvalue weighted by atomic mass is 10.1. The smallest absolute Gasteiger partial charge is 0.255 e. The van der Waals surface area contributed by atoms with E-state index >= 15 is 0 Å². The van der Waals surface area contributed by atoms with Gasteiger partial charge in [0.25, 0.3) is 5.91 Å². The summed E-state index contributed by atoms with van der Waals surface area (Å²) in [6.45, 7) is 1.94. The number of benzene rings is 1. The molecule has 0 saturated carbocycles. The predicted molar refractivity (Wildman–Crippen MR) is 82.7 cm³/mol. The third-order valence-electron chi connectivity index (χ3n) is 3.30. The summed E-state index contributed by atoms with van der Waals surface area (Å²) in [5, 5.41) is 5.95. The van der Waals surface area contributed by atoms with Crippen molar-refractivity contribution in [3.8, 4) is 5.75 Å². The Kier molecular flexibility index (Phi) is 4.77. The number of carbonyl (C=O) groups excluding carboxylic acids is 1. The summed E-state index contributed by atoms with van der Waals surface area (Å²) in [6, 6.07) is 9.29. The highest BCUT2D eigenvalue weighted by atomic mass is 16.5. The molecule has 21 heavy (non-hydrogen) atoms. The highest BCUT2D eigenvalue weighted by Crippen LogP contribution is 2.19. The van der Waals surface area contributed by atoms with Crippen LogP contribution in [0.15, 0.2) is 42.7 Å². The zero-order valence-corrected chi connectivity index (χ0v) is 12.4. The average molecular weight is 285 g/mol. The Bertz CT molecular complexity index is 611. The Hall–Kier alpha value is -2.56. The first-order valence-electron chi connectivity index (χ1n) is 6.72. The summed E-state index contributed by atoms with van der Waals surface area (Å²) in [5.41, 5.74) is 2.30. The first-order chi connectivity index (χ1) is 10.2. The average Bonchev–Trinajstić information content (AvgIpc) is 2.54. The Morgan fingerprint density at radius 3 is 2.57 bits per heavy atom. The summed E-state index contributed by atoms with van der Waals surface area (Å²) in [6.07, 6.45) is 3.21. The fourth-order valence-corrected chi connectivity index (χ4v) is 2.04. The molecule has 0 bridgehead atoms. The lowest BCUT2D eigenvalue weighted by molar-refractivity contribution is 0.0940. The zero-order valence-electron chi connectivity index (χ0n) is 12.4. The molecule has 1 aromatic heterocycles. The standard InChI is InChI=1S/C16H19N3O2/c1-11(12-4-6-13(21-3)7-5-12)19-16(20)14-10-18-9-8-15(14)17-2/h4-11H,1-3H3,(H,17,18)(H,19,20). The molecule has 5 heteroatoms. The van der Waals surface area contributed by atoms with Gasteiger partial charge < -0.3 is 15.4 Å². The van der Waals surface area contributed by atoms with Crippen LogP contribution in [0.4, 0.5) is 5.69 Å². The maximum absolute atomic E-state index is 12.3. The number of hydrogen-bond acceptors (Lipinski definition) is 4. The van der Waals surface area contributed by atoms with E-state index in [-0.39, 0.29) is 11.9 Å². The summed E-state index contributed by atoms with van der Waals surface area (Å²) in [4.78, 5) is 16.3. The minimum absolute atomic E-state index is 0.103. The van der Waals surface area contributed by atoms with Gasteiger partial charge in [0, 0.05) is 25.1 Å². The fraction of sp³-hybridized carbons (Fsp3) is 0.250. The predicted octanol–water partition coefficient (Wildman–Crippen LogP) is 2.62. The van der Waals surface area contributed by atoms with Crippen LogP contribution in [0.2, 0.25) is 0 Å². The van der Waals surface area contributed by atoms with E-state index in [2.05, 4.69) is 15.6 Å². The van der Waals surface area contributed by atoms with Gasteiger partial charge in [0.2, 0.25) is 0 Å². The Morgan fingerprint density at radius 1 is 1.24 bits per heavy atom. The minimum Gasteiger partial charge on any atom is -0.497 e. The molecule has 2 N–H and O–H groups in total. The maximum atomic E-state index is 12.3. The number of hydrogen-bond donors (Lipinski definition) is 2. The summed E-state index contributed by atoms with van der Waals surface area (Å²) >= 11 is 0. The van der Waals surface area contributed by atoms with E-state index in [0.717, 1.165) is 17.0 Å². The van der Waals surface area contributed by atoms with Gasteiger partial charge in [0.05, 0.1) is 18.7 Å². The van der Waals surface area contributed by atoms with Crippen molar-refractivity contribution in [3.63, 3.8) is 0 Å². The fourth-order valence-electron chi connectivity index (χ4n) is 2.04. The highest BCUT2D eigenvalue weighted by molar-refractivity contribution is 5.99. The third kappa shape index (κ3) is 3.51. The quantitative estimate of drug-likeness (QED) is 0.886. The van der Waals surface area contributed by atoms with Gasteiger partial charge in [-0.25, -0.2) is 0 Å². The molecule has 0 spiro atoms. The van der Waals surface area contributed by atoms with Gasteiger partial charge in [-0.05, 0) is 30.7 Å². The summed E-state index contributed by atoms with van der Waals surface area (Å²) in [7, 11) is 3.40. The van der Waals surface area contributed by atoms with Crippen molar-refractivity contribution in [2.45, 2.75) is 13.0 Å². The number of aromatic nitrogens is 1. The van der Waals surface area contributed by atoms with Gasteiger partial charge in [-0.3, -0.25) is 9.78 Å². The van der Waals surface area contributed by atoms with Crippen LogP contribution in [-0.2, 0) is 0 Å². The second-order valence-corrected chi connectivity index (χ2v) is 4.64. The zero-order chi connectivity index (χ0) is 15.2. The molecule has 0 aliphatic rings. The SMILES string of the molecule is CNc1ccncc1C(=O)NC(C)c1ccc(OC)cc1. The van der Waals surface area contributed by atoms with Gasteiger partial charge in [0.15, 0.2) is 0 Å². The number of methoxy groups -OCH3 is 1. The first-order valence-corrected chi connectivity index (χ1v) is 6.72. The Labute approximate surface area is 124 Å². The van der Waals surface area contributed by atoms with Gasteiger partial charge in [-0.2, -0.15) is 0 Å². The molecule has 1 unspecified atom stereocenters. The van der Waals surface area contributed by atoms with Crippen molar-refractivity contribution in [2.75, 3.05) is 19.5 Å². The lowest BCUT2D eigenvalue weighted by Gasteiger charge is -2.16. The highest BCUT2D eigenvalue weighted by Gasteiger charge is 2.14. The molecule has 0 saturated heterocycles. The Balaban J connectivity index is 2.11. The van der Waals surface area contributed by atoms with Crippen molar-refractivity contribution in [1.29, 1.82) is 0 Å². The summed E-state index contributed by atoms with van der Waals surface area (Å²) in [5.74, 6) is 0.637. The van der Waals surface area contributed by atoms with E-state index in [4.69, 9.17) is 4.74 Å². The molecule has 110 valence electrons. The monoisotopic (exact) mass is 285 g/mol. The molecule has 1 aromatic carbocycles. The van der Waals surface area contributed by atoms with Crippen LogP contribution in [-0.4, -0.2) is 25.0 Å². The van der Waals surface area contributed by atoms with Gasteiger partial charge >= 0.3 is 0 Å². The van der Waals surface area contributed by atoms with Gasteiger partial charge in [-0.15, -0.1) is 0 Å². The van der Waals surface area contributed by atoms with E-state index < -0.39 is 0 Å². The van der Waals surface area contributed by atoms with Crippen LogP contribution in [0.25, 0.3) is 0 Å². The summed E-state index contributed by atoms with van der Waals surface area (Å²) < 4.78 is 5.13. The van der Waals surface area contributed by atoms with Crippen molar-refractivity contribution in [2.24, 2.45) is 0 Å². The number of pyridine rings is 1. The molecule has 1 heterocycles. The molecule has 1 atom stereocenters. The van der Waals surface area contributed by atoms with Gasteiger partial charge in [0.1, 0.15) is 5.75 Å². The largest absolute Gasteiger partial charge is 0.497 e. The molecule has 2 rings (SSSR count). The molecule has 1 amide bonds. The van der Waals surface area contributed by atoms with Crippen LogP contribution in [0, 0.1) is 0 Å². The van der Waals surface area contributed by atoms with Crippen LogP contribution < -0.4 is 15.4 Å². The molecule has 0 aliphatic carbocycles. The van der Waals surface area contributed by atoms with Gasteiger partial charge in [-0.1, -0.05) is 12.1 Å². The first kappa shape index (κ1) is 14.8. The van der Waals surface area contributed by atoms with E-state index in [1.54, 1.807) is 32.6 Å². The number of carbonyl (C=O) groups is 1. The third-order valence-corrected chi connectivity index (χ3v) is 3.30. The molecule has 5 nitrogen and oxygen atoms in total. The molecule has 0 aliphatic heterocycles. The lowest BCUT2D eigenvalue weighted by Crippen LogP contribution is -2.27. The number of amides is 1. The maximum Gasteiger partial charge on any atom is 0.255 e. The van der Waals surface area contributed by atoms with Crippen molar-refractivity contribution in [3.05, 3.63) is 53.9 Å². The van der Waals surface area contributed by atoms with Crippen LogP contribution in [0.3, 0.4) is 0 Å². The molecule has 0 fully saturated rings. The minimum atomic E-state index is -0.157. The Morgan fingerprint density at radius 2 is 1.95 bits per heavy atom. The topological polar surface area (TPSA) is 63.2 Å². The van der Waals surface area contributed by atoms with Crippen molar-refractivity contribution < 1.29 is 9.53 Å². The number of nitrogens with one attached hydrogen (secondary N) is 2. The van der Waals surface area contributed by atoms with E-state index in [9.17, 15) is 4.79 Å². The van der Waals surface area contributed by atoms with E-state index in [1.165, 1.54) is 0 Å². The molecule has 0 radical (unpaired) electrons. The number of ether oxygens (including phenoxy) is 1. The second kappa shape index (κ2) is 6.74. The molecular weight excluding hydrogens is 266 g/mol. The van der Waals surface area contributed by atoms with E-state index in [1.807, 2.05) is 31.2 Å². The molecular formula is C16H19N3O2. The van der Waals surface area contributed by atoms with Crippen molar-refractivity contribution in [1.82, 2.24) is 10.3 Å². The van der Waals surface area contributed by atoms with E-state index in [0.29, 0.717) is 5.56 Å². The molecule has 2 aromatic rings. The van der Waals surface area contributed by atoms with Crippen molar-refractivity contribution >= 4 is 11.6 Å². The normalized spacial score (nSPS) is 11.6. The van der Waals surface area contributed by atoms with Crippen LogP contribution in [0.5, 0.6) is 5.75 Å². The second-order valence-electron chi connectivity index (χ2n) is 4.64. The number of nitrogens with zero attached hydrogens (tertiary/aromatic N) is 1. The number of rotatable bonds is 5. The van der Waals surface area contributed by atoms with Crippen LogP contribution >= 0.6 is 0 Å². The number of anilines is 1.